The van der Waals surface area contributed by atoms with Crippen LogP contribution in [0.3, 0.4) is 0 Å². The maximum Gasteiger partial charge on any atom is 0.221 e. The van der Waals surface area contributed by atoms with Gasteiger partial charge in [0.1, 0.15) is 0 Å². The van der Waals surface area contributed by atoms with E-state index in [1.54, 1.807) is 18.2 Å². The lowest BCUT2D eigenvalue weighted by Crippen LogP contribution is -2.40. The van der Waals surface area contributed by atoms with Crippen LogP contribution in [0.25, 0.3) is 0 Å². The van der Waals surface area contributed by atoms with Crippen molar-refractivity contribution in [3.05, 3.63) is 64.7 Å². The lowest BCUT2D eigenvalue weighted by Gasteiger charge is -2.31. The summed E-state index contributed by atoms with van der Waals surface area (Å²) in [6, 6.07) is 15.4. The van der Waals surface area contributed by atoms with Gasteiger partial charge in [-0.1, -0.05) is 24.3 Å². The number of anilines is 1. The van der Waals surface area contributed by atoms with Gasteiger partial charge in [0.05, 0.1) is 17.6 Å². The van der Waals surface area contributed by atoms with E-state index in [0.717, 1.165) is 31.5 Å². The second-order valence-corrected chi connectivity index (χ2v) is 7.58. The van der Waals surface area contributed by atoms with Crippen LogP contribution in [-0.2, 0) is 17.9 Å². The molecule has 6 nitrogen and oxygen atoms in total. The number of nitrogens with one attached hydrogen (secondary N) is 1. The molecule has 1 aliphatic heterocycles. The van der Waals surface area contributed by atoms with Crippen LogP contribution in [0.4, 0.5) is 5.69 Å². The van der Waals surface area contributed by atoms with E-state index >= 15 is 0 Å². The molecule has 0 radical (unpaired) electrons. The number of hydrogen-bond donors (Lipinski definition) is 2. The highest BCUT2D eigenvalue weighted by Gasteiger charge is 2.23. The number of carbonyl (C=O) groups is 2. The van der Waals surface area contributed by atoms with Crippen LogP contribution >= 0.6 is 0 Å². The van der Waals surface area contributed by atoms with Gasteiger partial charge in [0.15, 0.2) is 5.78 Å². The molecule has 0 spiro atoms. The van der Waals surface area contributed by atoms with Crippen molar-refractivity contribution >= 4 is 17.4 Å². The zero-order valence-electron chi connectivity index (χ0n) is 16.6. The molecular weight excluding hydrogens is 364 g/mol. The molecule has 150 valence electrons. The summed E-state index contributed by atoms with van der Waals surface area (Å²) in [5.74, 6) is -0.320. The van der Waals surface area contributed by atoms with Crippen molar-refractivity contribution in [3.63, 3.8) is 0 Å². The Labute approximate surface area is 171 Å². The first-order valence-corrected chi connectivity index (χ1v) is 9.84. The summed E-state index contributed by atoms with van der Waals surface area (Å²) in [5.41, 5.74) is 9.49. The standard InChI is InChI=1S/C23H26N4O2/c1-16(28)21-8-7-17(12-24)11-22(21)26-13-18-4-2-5-19(10-18)14-27-9-3-6-20(15-27)23(25)29/h2,4-5,7-8,10-11,20,26H,3,6,9,13-15H2,1H3,(H2,25,29). The zero-order valence-corrected chi connectivity index (χ0v) is 16.6. The van der Waals surface area contributed by atoms with Gasteiger partial charge in [0.25, 0.3) is 0 Å². The van der Waals surface area contributed by atoms with E-state index in [2.05, 4.69) is 28.4 Å². The maximum atomic E-state index is 11.9. The number of benzene rings is 2. The average Bonchev–Trinajstić information content (AvgIpc) is 2.72. The fourth-order valence-electron chi connectivity index (χ4n) is 3.79. The summed E-state index contributed by atoms with van der Waals surface area (Å²) in [4.78, 5) is 25.6. The fourth-order valence-corrected chi connectivity index (χ4v) is 3.79. The van der Waals surface area contributed by atoms with Crippen LogP contribution in [-0.4, -0.2) is 29.7 Å². The summed E-state index contributed by atoms with van der Waals surface area (Å²) in [5, 5.41) is 12.4. The number of carbonyl (C=O) groups excluding carboxylic acids is 2. The van der Waals surface area contributed by atoms with Crippen molar-refractivity contribution in [2.24, 2.45) is 11.7 Å². The van der Waals surface area contributed by atoms with Crippen LogP contribution in [0.2, 0.25) is 0 Å². The summed E-state index contributed by atoms with van der Waals surface area (Å²) in [7, 11) is 0. The first-order chi connectivity index (χ1) is 14.0. The third-order valence-corrected chi connectivity index (χ3v) is 5.32. The Morgan fingerprint density at radius 1 is 1.24 bits per heavy atom. The summed E-state index contributed by atoms with van der Waals surface area (Å²) in [6.45, 7) is 4.52. The molecule has 1 atom stereocenters. The molecule has 1 fully saturated rings. The van der Waals surface area contributed by atoms with E-state index in [0.29, 0.717) is 29.9 Å². The number of rotatable bonds is 7. The Hall–Kier alpha value is -3.17. The lowest BCUT2D eigenvalue weighted by atomic mass is 9.97. The minimum absolute atomic E-state index is 0.0418. The quantitative estimate of drug-likeness (QED) is 0.708. The van der Waals surface area contributed by atoms with Gasteiger partial charge in [0.2, 0.25) is 5.91 Å². The SMILES string of the molecule is CC(=O)c1ccc(C#N)cc1NCc1cccc(CN2CCCC(C(N)=O)C2)c1. The Morgan fingerprint density at radius 3 is 2.76 bits per heavy atom. The van der Waals surface area contributed by atoms with Gasteiger partial charge < -0.3 is 11.1 Å². The van der Waals surface area contributed by atoms with Crippen molar-refractivity contribution < 1.29 is 9.59 Å². The lowest BCUT2D eigenvalue weighted by molar-refractivity contribution is -0.123. The molecule has 2 aromatic rings. The van der Waals surface area contributed by atoms with Crippen molar-refractivity contribution in [1.82, 2.24) is 4.90 Å². The molecule has 0 aliphatic carbocycles. The molecule has 3 rings (SSSR count). The molecule has 29 heavy (non-hydrogen) atoms. The molecule has 2 aromatic carbocycles. The number of Topliss-reactive ketones (excluding diaryl/α,β-unsaturated/α-hetero) is 1. The number of primary amides is 1. The van der Waals surface area contributed by atoms with Crippen molar-refractivity contribution in [3.8, 4) is 6.07 Å². The van der Waals surface area contributed by atoms with Crippen molar-refractivity contribution in [2.45, 2.75) is 32.9 Å². The Bertz CT molecular complexity index is 948. The number of nitrogens with zero attached hydrogens (tertiary/aromatic N) is 2. The predicted molar refractivity (Wildman–Crippen MR) is 112 cm³/mol. The van der Waals surface area contributed by atoms with E-state index in [4.69, 9.17) is 11.0 Å². The van der Waals surface area contributed by atoms with Gasteiger partial charge in [0, 0.05) is 30.9 Å². The van der Waals surface area contributed by atoms with Gasteiger partial charge in [-0.15, -0.1) is 0 Å². The van der Waals surface area contributed by atoms with Crippen LogP contribution in [0.5, 0.6) is 0 Å². The molecule has 1 saturated heterocycles. The fraction of sp³-hybridized carbons (Fsp3) is 0.348. The predicted octanol–water partition coefficient (Wildman–Crippen LogP) is 3.07. The molecule has 3 N–H and O–H groups in total. The summed E-state index contributed by atoms with van der Waals surface area (Å²) < 4.78 is 0. The Kier molecular flexibility index (Phi) is 6.63. The molecule has 6 heteroatoms. The Morgan fingerprint density at radius 2 is 2.03 bits per heavy atom. The third kappa shape index (κ3) is 5.43. The van der Waals surface area contributed by atoms with E-state index < -0.39 is 0 Å². The highest BCUT2D eigenvalue weighted by Crippen LogP contribution is 2.21. The molecule has 1 heterocycles. The summed E-state index contributed by atoms with van der Waals surface area (Å²) >= 11 is 0. The number of piperidine rings is 1. The van der Waals surface area contributed by atoms with Crippen LogP contribution in [0, 0.1) is 17.2 Å². The van der Waals surface area contributed by atoms with Gasteiger partial charge in [-0.25, -0.2) is 0 Å². The molecule has 0 saturated carbocycles. The second-order valence-electron chi connectivity index (χ2n) is 7.58. The monoisotopic (exact) mass is 390 g/mol. The van der Waals surface area contributed by atoms with Crippen LogP contribution in [0.1, 0.15) is 46.8 Å². The van der Waals surface area contributed by atoms with E-state index in [1.807, 2.05) is 12.1 Å². The molecule has 1 amide bonds. The topological polar surface area (TPSA) is 99.2 Å². The van der Waals surface area contributed by atoms with Crippen molar-refractivity contribution in [1.29, 1.82) is 5.26 Å². The number of nitrogens with two attached hydrogens (primary N) is 1. The second kappa shape index (κ2) is 9.35. The van der Waals surface area contributed by atoms with Gasteiger partial charge in [-0.2, -0.15) is 5.26 Å². The molecule has 1 aliphatic rings. The van der Waals surface area contributed by atoms with E-state index in [1.165, 1.54) is 12.5 Å². The van der Waals surface area contributed by atoms with Crippen molar-refractivity contribution in [2.75, 3.05) is 18.4 Å². The first kappa shape index (κ1) is 20.6. The van der Waals surface area contributed by atoms with Crippen LogP contribution < -0.4 is 11.1 Å². The number of likely N-dealkylation sites (tertiary alicyclic amines) is 1. The number of nitriles is 1. The van der Waals surface area contributed by atoms with Gasteiger partial charge in [-0.3, -0.25) is 14.5 Å². The van der Waals surface area contributed by atoms with E-state index in [9.17, 15) is 9.59 Å². The summed E-state index contributed by atoms with van der Waals surface area (Å²) in [6.07, 6.45) is 1.86. The van der Waals surface area contributed by atoms with Gasteiger partial charge in [-0.05, 0) is 55.6 Å². The number of hydrogen-bond acceptors (Lipinski definition) is 5. The highest BCUT2D eigenvalue weighted by atomic mass is 16.1. The normalized spacial score (nSPS) is 16.8. The minimum atomic E-state index is -0.214. The van der Waals surface area contributed by atoms with E-state index in [-0.39, 0.29) is 17.6 Å². The van der Waals surface area contributed by atoms with Gasteiger partial charge >= 0.3 is 0 Å². The van der Waals surface area contributed by atoms with Crippen LogP contribution in [0.15, 0.2) is 42.5 Å². The largest absolute Gasteiger partial charge is 0.380 e. The zero-order chi connectivity index (χ0) is 20.8. The average molecular weight is 390 g/mol. The molecule has 0 aromatic heterocycles. The smallest absolute Gasteiger partial charge is 0.221 e. The molecule has 0 bridgehead atoms. The third-order valence-electron chi connectivity index (χ3n) is 5.32. The number of amides is 1. The maximum absolute atomic E-state index is 11.9. The highest BCUT2D eigenvalue weighted by molar-refractivity contribution is 5.99. The Balaban J connectivity index is 1.67. The molecular formula is C23H26N4O2. The molecule has 1 unspecified atom stereocenters. The number of ketones is 1. The minimum Gasteiger partial charge on any atom is -0.380 e. The first-order valence-electron chi connectivity index (χ1n) is 9.84.